The molecule has 0 bridgehead atoms. The normalized spacial score (nSPS) is 26.3. The van der Waals surface area contributed by atoms with Crippen LogP contribution in [0.2, 0.25) is 0 Å². The predicted octanol–water partition coefficient (Wildman–Crippen LogP) is 2.60. The van der Waals surface area contributed by atoms with Crippen LogP contribution in [0.5, 0.6) is 0 Å². The molecule has 1 aliphatic rings. The maximum atomic E-state index is 10.8. The third kappa shape index (κ3) is 1.62. The van der Waals surface area contributed by atoms with E-state index >= 15 is 0 Å². The molecule has 1 aromatic carbocycles. The zero-order valence-corrected chi connectivity index (χ0v) is 7.93. The number of benzene rings is 1. The average molecular weight is 191 g/mol. The van der Waals surface area contributed by atoms with Crippen molar-refractivity contribution in [3.05, 3.63) is 46.0 Å². The maximum Gasteiger partial charge on any atom is 0.219 e. The molecule has 0 saturated heterocycles. The highest BCUT2D eigenvalue weighted by atomic mass is 16.6. The van der Waals surface area contributed by atoms with Gasteiger partial charge in [-0.05, 0) is 18.4 Å². The van der Waals surface area contributed by atoms with Crippen molar-refractivity contribution >= 4 is 0 Å². The fraction of sp³-hybridized carbons (Fsp3) is 0.455. The topological polar surface area (TPSA) is 43.1 Å². The number of rotatable bonds is 2. The van der Waals surface area contributed by atoms with Crippen LogP contribution >= 0.6 is 0 Å². The predicted molar refractivity (Wildman–Crippen MR) is 53.8 cm³/mol. The summed E-state index contributed by atoms with van der Waals surface area (Å²) >= 11 is 0. The minimum atomic E-state index is -0.364. The van der Waals surface area contributed by atoms with Crippen LogP contribution in [0, 0.1) is 10.1 Å². The van der Waals surface area contributed by atoms with E-state index in [0.717, 1.165) is 24.8 Å². The Kier molecular flexibility index (Phi) is 2.48. The van der Waals surface area contributed by atoms with Crippen molar-refractivity contribution in [3.8, 4) is 0 Å². The summed E-state index contributed by atoms with van der Waals surface area (Å²) in [5.41, 5.74) is 1.12. The third-order valence-corrected chi connectivity index (χ3v) is 2.98. The Morgan fingerprint density at radius 2 is 1.93 bits per heavy atom. The highest BCUT2D eigenvalue weighted by Gasteiger charge is 2.36. The minimum absolute atomic E-state index is 0.120. The molecule has 3 heteroatoms. The third-order valence-electron chi connectivity index (χ3n) is 2.98. The van der Waals surface area contributed by atoms with Crippen molar-refractivity contribution in [3.63, 3.8) is 0 Å². The van der Waals surface area contributed by atoms with Gasteiger partial charge in [-0.2, -0.15) is 0 Å². The zero-order valence-electron chi connectivity index (χ0n) is 7.93. The first kappa shape index (κ1) is 9.19. The molecule has 1 aromatic rings. The van der Waals surface area contributed by atoms with Gasteiger partial charge in [-0.3, -0.25) is 10.1 Å². The zero-order chi connectivity index (χ0) is 9.97. The molecular formula is C11H13NO2. The Hall–Kier alpha value is -1.38. The van der Waals surface area contributed by atoms with Gasteiger partial charge in [0.2, 0.25) is 6.04 Å². The van der Waals surface area contributed by atoms with Crippen LogP contribution in [0.25, 0.3) is 0 Å². The number of hydrogen-bond acceptors (Lipinski definition) is 2. The van der Waals surface area contributed by atoms with Gasteiger partial charge >= 0.3 is 0 Å². The van der Waals surface area contributed by atoms with Crippen LogP contribution in [-0.2, 0) is 0 Å². The smallest absolute Gasteiger partial charge is 0.219 e. The summed E-state index contributed by atoms with van der Waals surface area (Å²) in [7, 11) is 0. The molecule has 3 nitrogen and oxygen atoms in total. The fourth-order valence-electron chi connectivity index (χ4n) is 2.28. The van der Waals surface area contributed by atoms with Gasteiger partial charge in [0, 0.05) is 11.3 Å². The molecule has 2 atom stereocenters. The standard InChI is InChI=1S/C11H13NO2/c13-12(14)11-8-4-7-10(11)9-5-2-1-3-6-9/h1-3,5-6,10-11H,4,7-8H2/t10-,11-/m0/s1. The first-order valence-corrected chi connectivity index (χ1v) is 4.97. The van der Waals surface area contributed by atoms with Crippen LogP contribution in [0.4, 0.5) is 0 Å². The second kappa shape index (κ2) is 3.78. The molecule has 0 unspecified atom stereocenters. The van der Waals surface area contributed by atoms with Gasteiger partial charge in [0.15, 0.2) is 0 Å². The molecule has 1 saturated carbocycles. The summed E-state index contributed by atoms with van der Waals surface area (Å²) in [6.07, 6.45) is 2.66. The Morgan fingerprint density at radius 3 is 2.57 bits per heavy atom. The number of hydrogen-bond donors (Lipinski definition) is 0. The number of nitrogens with zero attached hydrogens (tertiary/aromatic N) is 1. The van der Waals surface area contributed by atoms with E-state index in [-0.39, 0.29) is 16.9 Å². The van der Waals surface area contributed by atoms with Crippen molar-refractivity contribution in [2.75, 3.05) is 0 Å². The molecule has 0 radical (unpaired) electrons. The molecular weight excluding hydrogens is 178 g/mol. The van der Waals surface area contributed by atoms with Gasteiger partial charge < -0.3 is 0 Å². The fourth-order valence-corrected chi connectivity index (χ4v) is 2.28. The van der Waals surface area contributed by atoms with Gasteiger partial charge in [-0.15, -0.1) is 0 Å². The first-order valence-electron chi connectivity index (χ1n) is 4.97. The average Bonchev–Trinajstić information content (AvgIpc) is 2.67. The van der Waals surface area contributed by atoms with E-state index in [1.54, 1.807) is 0 Å². The molecule has 1 aliphatic carbocycles. The Labute approximate surface area is 82.9 Å². The number of nitro groups is 1. The van der Waals surface area contributed by atoms with Crippen LogP contribution in [0.1, 0.15) is 30.7 Å². The van der Waals surface area contributed by atoms with Crippen molar-refractivity contribution in [2.24, 2.45) is 0 Å². The highest BCUT2D eigenvalue weighted by Crippen LogP contribution is 2.35. The van der Waals surface area contributed by atoms with E-state index in [1.165, 1.54) is 0 Å². The molecule has 0 amide bonds. The first-order chi connectivity index (χ1) is 6.79. The Morgan fingerprint density at radius 1 is 1.21 bits per heavy atom. The van der Waals surface area contributed by atoms with Crippen LogP contribution in [-0.4, -0.2) is 11.0 Å². The van der Waals surface area contributed by atoms with E-state index < -0.39 is 0 Å². The van der Waals surface area contributed by atoms with E-state index in [4.69, 9.17) is 0 Å². The second-order valence-corrected chi connectivity index (χ2v) is 3.80. The lowest BCUT2D eigenvalue weighted by atomic mass is 9.95. The highest BCUT2D eigenvalue weighted by molar-refractivity contribution is 5.21. The quantitative estimate of drug-likeness (QED) is 0.532. The van der Waals surface area contributed by atoms with E-state index in [9.17, 15) is 10.1 Å². The molecule has 14 heavy (non-hydrogen) atoms. The van der Waals surface area contributed by atoms with Crippen LogP contribution in [0.15, 0.2) is 30.3 Å². The van der Waals surface area contributed by atoms with E-state index in [1.807, 2.05) is 30.3 Å². The lowest BCUT2D eigenvalue weighted by Crippen LogP contribution is -2.22. The van der Waals surface area contributed by atoms with Gasteiger partial charge in [0.05, 0.1) is 5.92 Å². The Balaban J connectivity index is 2.22. The summed E-state index contributed by atoms with van der Waals surface area (Å²) < 4.78 is 0. The Bertz CT molecular complexity index is 323. The molecule has 0 aromatic heterocycles. The van der Waals surface area contributed by atoms with Crippen molar-refractivity contribution < 1.29 is 4.92 Å². The van der Waals surface area contributed by atoms with E-state index in [2.05, 4.69) is 0 Å². The van der Waals surface area contributed by atoms with Crippen molar-refractivity contribution in [2.45, 2.75) is 31.2 Å². The van der Waals surface area contributed by atoms with Gasteiger partial charge in [0.1, 0.15) is 0 Å². The summed E-state index contributed by atoms with van der Waals surface area (Å²) in [5, 5.41) is 10.8. The second-order valence-electron chi connectivity index (χ2n) is 3.80. The van der Waals surface area contributed by atoms with E-state index in [0.29, 0.717) is 0 Å². The summed E-state index contributed by atoms with van der Waals surface area (Å²) in [6.45, 7) is 0. The van der Waals surface area contributed by atoms with Gasteiger partial charge in [-0.1, -0.05) is 30.3 Å². The maximum absolute atomic E-state index is 10.8. The summed E-state index contributed by atoms with van der Waals surface area (Å²) in [6, 6.07) is 9.46. The lowest BCUT2D eigenvalue weighted by Gasteiger charge is -2.12. The lowest BCUT2D eigenvalue weighted by molar-refractivity contribution is -0.523. The molecule has 0 spiro atoms. The van der Waals surface area contributed by atoms with Crippen molar-refractivity contribution in [1.82, 2.24) is 0 Å². The van der Waals surface area contributed by atoms with Gasteiger partial charge in [0.25, 0.3) is 0 Å². The SMILES string of the molecule is O=[N+]([O-])[C@H]1CCC[C@H]1c1ccccc1. The minimum Gasteiger partial charge on any atom is -0.264 e. The monoisotopic (exact) mass is 191 g/mol. The largest absolute Gasteiger partial charge is 0.264 e. The molecule has 1 fully saturated rings. The molecule has 2 rings (SSSR count). The van der Waals surface area contributed by atoms with Gasteiger partial charge in [-0.25, -0.2) is 0 Å². The molecule has 0 N–H and O–H groups in total. The molecule has 74 valence electrons. The van der Waals surface area contributed by atoms with Crippen LogP contribution < -0.4 is 0 Å². The summed E-state index contributed by atoms with van der Waals surface area (Å²) in [4.78, 5) is 10.7. The van der Waals surface area contributed by atoms with Crippen LogP contribution in [0.3, 0.4) is 0 Å². The molecule has 0 heterocycles. The molecule has 0 aliphatic heterocycles. The van der Waals surface area contributed by atoms with Crippen molar-refractivity contribution in [1.29, 1.82) is 0 Å². The summed E-state index contributed by atoms with van der Waals surface area (Å²) in [5.74, 6) is 0.131.